The van der Waals surface area contributed by atoms with Crippen molar-refractivity contribution in [3.8, 4) is 0 Å². The lowest BCUT2D eigenvalue weighted by Crippen LogP contribution is -2.03. The Balaban J connectivity index is 3.78. The van der Waals surface area contributed by atoms with E-state index in [0.717, 1.165) is 12.8 Å². The minimum absolute atomic E-state index is 0.0935. The molecular weight excluding hydrogens is 304 g/mol. The minimum atomic E-state index is -0.390. The number of rotatable bonds is 14. The lowest BCUT2D eigenvalue weighted by atomic mass is 10.1. The molecule has 0 aromatic rings. The molecule has 0 aliphatic rings. The zero-order chi connectivity index (χ0) is 18.0. The number of hydrogen-bond donors (Lipinski definition) is 0. The second kappa shape index (κ2) is 15.9. The van der Waals surface area contributed by atoms with Crippen LogP contribution in [0.1, 0.15) is 64.7 Å². The van der Waals surface area contributed by atoms with Crippen molar-refractivity contribution in [2.45, 2.75) is 64.7 Å². The molecule has 0 N–H and O–H groups in total. The highest BCUT2D eigenvalue weighted by Crippen LogP contribution is 2.07. The molecule has 0 aliphatic carbocycles. The SMILES string of the molecule is CCCCCCCCC(=O)C=CC=CC=CC(=O)CCC(=O)OC. The molecule has 0 heterocycles. The standard InChI is InChI=1S/C20H30O4/c1-3-4-5-6-7-10-13-18(21)14-11-8-9-12-15-19(22)16-17-20(23)24-2/h8-9,11-12,14-15H,3-7,10,13,16-17H2,1-2H3. The third-order valence-corrected chi connectivity index (χ3v) is 3.48. The van der Waals surface area contributed by atoms with Crippen LogP contribution in [0.25, 0.3) is 0 Å². The Morgan fingerprint density at radius 2 is 1.25 bits per heavy atom. The second-order valence-corrected chi connectivity index (χ2v) is 5.63. The monoisotopic (exact) mass is 334 g/mol. The number of hydrogen-bond acceptors (Lipinski definition) is 4. The van der Waals surface area contributed by atoms with Gasteiger partial charge in [0.05, 0.1) is 13.5 Å². The summed E-state index contributed by atoms with van der Waals surface area (Å²) in [6, 6.07) is 0. The molecule has 0 bridgehead atoms. The highest BCUT2D eigenvalue weighted by molar-refractivity contribution is 5.92. The number of carbonyl (C=O) groups is 3. The smallest absolute Gasteiger partial charge is 0.305 e. The van der Waals surface area contributed by atoms with Crippen LogP contribution in [0.15, 0.2) is 36.5 Å². The van der Waals surface area contributed by atoms with Crippen molar-refractivity contribution in [1.82, 2.24) is 0 Å². The third-order valence-electron chi connectivity index (χ3n) is 3.48. The van der Waals surface area contributed by atoms with Gasteiger partial charge in [-0.15, -0.1) is 0 Å². The maximum atomic E-state index is 11.6. The Labute approximate surface area is 145 Å². The maximum Gasteiger partial charge on any atom is 0.305 e. The van der Waals surface area contributed by atoms with Crippen LogP contribution >= 0.6 is 0 Å². The van der Waals surface area contributed by atoms with Gasteiger partial charge >= 0.3 is 5.97 Å². The van der Waals surface area contributed by atoms with Crippen molar-refractivity contribution in [2.75, 3.05) is 7.11 Å². The summed E-state index contributed by atoms with van der Waals surface area (Å²) < 4.78 is 4.46. The van der Waals surface area contributed by atoms with E-state index in [2.05, 4.69) is 11.7 Å². The zero-order valence-corrected chi connectivity index (χ0v) is 15.0. The van der Waals surface area contributed by atoms with Crippen LogP contribution in [-0.4, -0.2) is 24.6 Å². The van der Waals surface area contributed by atoms with Gasteiger partial charge in [0.1, 0.15) is 0 Å². The molecule has 0 aliphatic heterocycles. The molecule has 0 aromatic heterocycles. The summed E-state index contributed by atoms with van der Waals surface area (Å²) in [6.45, 7) is 2.19. The first-order chi connectivity index (χ1) is 11.6. The van der Waals surface area contributed by atoms with E-state index in [9.17, 15) is 14.4 Å². The fourth-order valence-electron chi connectivity index (χ4n) is 2.03. The molecule has 0 aromatic carbocycles. The highest BCUT2D eigenvalue weighted by atomic mass is 16.5. The van der Waals surface area contributed by atoms with Crippen molar-refractivity contribution >= 4 is 17.5 Å². The Morgan fingerprint density at radius 1 is 0.708 bits per heavy atom. The predicted molar refractivity (Wildman–Crippen MR) is 96.7 cm³/mol. The van der Waals surface area contributed by atoms with Gasteiger partial charge in [-0.2, -0.15) is 0 Å². The quantitative estimate of drug-likeness (QED) is 0.203. The summed E-state index contributed by atoms with van der Waals surface area (Å²) >= 11 is 0. The molecule has 0 spiro atoms. The molecule has 4 nitrogen and oxygen atoms in total. The number of ketones is 2. The zero-order valence-electron chi connectivity index (χ0n) is 15.0. The van der Waals surface area contributed by atoms with E-state index in [0.29, 0.717) is 6.42 Å². The average molecular weight is 334 g/mol. The molecule has 0 unspecified atom stereocenters. The topological polar surface area (TPSA) is 60.4 Å². The van der Waals surface area contributed by atoms with Crippen molar-refractivity contribution in [2.24, 2.45) is 0 Å². The van der Waals surface area contributed by atoms with E-state index in [-0.39, 0.29) is 30.4 Å². The van der Waals surface area contributed by atoms with Gasteiger partial charge in [0.2, 0.25) is 0 Å². The van der Waals surface area contributed by atoms with E-state index in [1.165, 1.54) is 38.9 Å². The van der Waals surface area contributed by atoms with E-state index in [4.69, 9.17) is 0 Å². The van der Waals surface area contributed by atoms with E-state index >= 15 is 0 Å². The van der Waals surface area contributed by atoms with Crippen LogP contribution in [0, 0.1) is 0 Å². The van der Waals surface area contributed by atoms with Gasteiger partial charge in [0, 0.05) is 12.8 Å². The van der Waals surface area contributed by atoms with Crippen LogP contribution in [0.3, 0.4) is 0 Å². The molecule has 0 atom stereocenters. The van der Waals surface area contributed by atoms with Crippen LogP contribution in [-0.2, 0) is 19.1 Å². The number of esters is 1. The van der Waals surface area contributed by atoms with Gasteiger partial charge in [-0.05, 0) is 18.6 Å². The fourth-order valence-corrected chi connectivity index (χ4v) is 2.03. The molecule has 24 heavy (non-hydrogen) atoms. The van der Waals surface area contributed by atoms with Gasteiger partial charge in [-0.25, -0.2) is 0 Å². The average Bonchev–Trinajstić information content (AvgIpc) is 2.58. The Morgan fingerprint density at radius 3 is 1.83 bits per heavy atom. The Hall–Kier alpha value is -1.97. The van der Waals surface area contributed by atoms with Crippen LogP contribution in [0.2, 0.25) is 0 Å². The normalized spacial score (nSPS) is 11.6. The highest BCUT2D eigenvalue weighted by Gasteiger charge is 2.03. The number of ether oxygens (including phenoxy) is 1. The first-order valence-corrected chi connectivity index (χ1v) is 8.74. The van der Waals surface area contributed by atoms with Crippen molar-refractivity contribution in [3.63, 3.8) is 0 Å². The molecule has 0 saturated heterocycles. The summed E-state index contributed by atoms with van der Waals surface area (Å²) in [5, 5.41) is 0. The summed E-state index contributed by atoms with van der Waals surface area (Å²) in [5.41, 5.74) is 0. The Bertz CT molecular complexity index is 458. The second-order valence-electron chi connectivity index (χ2n) is 5.63. The molecule has 0 rings (SSSR count). The van der Waals surface area contributed by atoms with E-state index in [1.807, 2.05) is 0 Å². The predicted octanol–water partition coefficient (Wildman–Crippen LogP) is 4.50. The Kier molecular flexibility index (Phi) is 14.6. The molecular formula is C20H30O4. The van der Waals surface area contributed by atoms with Crippen molar-refractivity contribution < 1.29 is 19.1 Å². The number of methoxy groups -OCH3 is 1. The maximum absolute atomic E-state index is 11.6. The van der Waals surface area contributed by atoms with Gasteiger partial charge in [0.15, 0.2) is 11.6 Å². The summed E-state index contributed by atoms with van der Waals surface area (Å²) in [7, 11) is 1.30. The summed E-state index contributed by atoms with van der Waals surface area (Å²) in [5.74, 6) is -0.388. The molecule has 134 valence electrons. The van der Waals surface area contributed by atoms with Crippen LogP contribution in [0.5, 0.6) is 0 Å². The number of unbranched alkanes of at least 4 members (excludes halogenated alkanes) is 5. The fraction of sp³-hybridized carbons (Fsp3) is 0.550. The van der Waals surface area contributed by atoms with Gasteiger partial charge in [0.25, 0.3) is 0 Å². The van der Waals surface area contributed by atoms with Crippen molar-refractivity contribution in [3.05, 3.63) is 36.5 Å². The lowest BCUT2D eigenvalue weighted by molar-refractivity contribution is -0.141. The van der Waals surface area contributed by atoms with E-state index in [1.54, 1.807) is 30.4 Å². The third kappa shape index (κ3) is 14.9. The summed E-state index contributed by atoms with van der Waals surface area (Å²) in [6.07, 6.45) is 17.5. The first-order valence-electron chi connectivity index (χ1n) is 8.74. The summed E-state index contributed by atoms with van der Waals surface area (Å²) in [4.78, 5) is 33.9. The molecule has 0 saturated carbocycles. The molecule has 0 fully saturated rings. The van der Waals surface area contributed by atoms with Crippen LogP contribution < -0.4 is 0 Å². The minimum Gasteiger partial charge on any atom is -0.469 e. The number of allylic oxidation sites excluding steroid dienone is 6. The number of carbonyl (C=O) groups excluding carboxylic acids is 3. The molecule has 4 heteroatoms. The van der Waals surface area contributed by atoms with Crippen LogP contribution in [0.4, 0.5) is 0 Å². The largest absolute Gasteiger partial charge is 0.469 e. The van der Waals surface area contributed by atoms with Gasteiger partial charge in [-0.3, -0.25) is 14.4 Å². The first kappa shape index (κ1) is 22.0. The van der Waals surface area contributed by atoms with Crippen molar-refractivity contribution in [1.29, 1.82) is 0 Å². The van der Waals surface area contributed by atoms with E-state index < -0.39 is 0 Å². The van der Waals surface area contributed by atoms with Gasteiger partial charge < -0.3 is 4.74 Å². The lowest BCUT2D eigenvalue weighted by Gasteiger charge is -1.98. The molecule has 0 amide bonds. The van der Waals surface area contributed by atoms with Gasteiger partial charge in [-0.1, -0.05) is 63.3 Å². The molecule has 0 radical (unpaired) electrons.